The third-order valence-electron chi connectivity index (χ3n) is 11.7. The number of carbonyl (C=O) groups excluding carboxylic acids is 3. The number of aliphatic hydroxyl groups excluding tert-OH is 1. The van der Waals surface area contributed by atoms with Gasteiger partial charge in [0.2, 0.25) is 5.91 Å². The molecule has 3 N–H and O–H groups in total. The van der Waals surface area contributed by atoms with E-state index in [1.54, 1.807) is 38.0 Å². The van der Waals surface area contributed by atoms with Gasteiger partial charge in [-0.1, -0.05) is 94.1 Å². The number of allylic oxidation sites excluding steroid dienone is 1. The van der Waals surface area contributed by atoms with Gasteiger partial charge in [0, 0.05) is 25.7 Å². The first-order valence-electron chi connectivity index (χ1n) is 21.0. The van der Waals surface area contributed by atoms with Crippen molar-refractivity contribution in [3.8, 4) is 5.75 Å². The number of aliphatic hydroxyl groups is 1. The summed E-state index contributed by atoms with van der Waals surface area (Å²) in [4.78, 5) is 48.7. The first kappa shape index (κ1) is 42.8. The largest absolute Gasteiger partial charge is 0.508 e. The number of unbranched alkanes of at least 4 members (excludes halogenated alkanes) is 4. The number of rotatable bonds is 19. The molecule has 0 unspecified atom stereocenters. The van der Waals surface area contributed by atoms with Crippen LogP contribution in [0.15, 0.2) is 54.6 Å². The molecule has 0 aromatic heterocycles. The first-order chi connectivity index (χ1) is 27.3. The number of nitrogens with zero attached hydrogens (tertiary/aromatic N) is 1. The van der Waals surface area contributed by atoms with Crippen molar-refractivity contribution in [3.05, 3.63) is 71.3 Å². The van der Waals surface area contributed by atoms with Crippen molar-refractivity contribution >= 4 is 23.9 Å². The van der Waals surface area contributed by atoms with Crippen molar-refractivity contribution in [2.45, 2.75) is 166 Å². The first-order valence-corrected chi connectivity index (χ1v) is 21.0. The Morgan fingerprint density at radius 2 is 1.65 bits per heavy atom. The fourth-order valence-corrected chi connectivity index (χ4v) is 8.92. The van der Waals surface area contributed by atoms with Crippen molar-refractivity contribution < 1.29 is 48.4 Å². The molecule has 12 nitrogen and oxygen atoms in total. The zero-order valence-electron chi connectivity index (χ0n) is 34.2. The van der Waals surface area contributed by atoms with Crippen LogP contribution in [0.4, 0.5) is 0 Å². The molecule has 3 aliphatic heterocycles. The Kier molecular flexibility index (Phi) is 13.8. The van der Waals surface area contributed by atoms with E-state index in [4.69, 9.17) is 23.8 Å². The van der Waals surface area contributed by atoms with Gasteiger partial charge < -0.3 is 34.5 Å². The van der Waals surface area contributed by atoms with Crippen molar-refractivity contribution in [3.63, 3.8) is 0 Å². The van der Waals surface area contributed by atoms with E-state index >= 15 is 0 Å². The Morgan fingerprint density at radius 3 is 2.32 bits per heavy atom. The summed E-state index contributed by atoms with van der Waals surface area (Å²) >= 11 is 0. The van der Waals surface area contributed by atoms with Gasteiger partial charge in [0.05, 0.1) is 19.2 Å². The smallest absolute Gasteiger partial charge is 0.327 e. The summed E-state index contributed by atoms with van der Waals surface area (Å²) in [6.45, 7) is 9.41. The number of phenolic OH excluding ortho intramolecular Hbond substituents is 1. The van der Waals surface area contributed by atoms with Gasteiger partial charge in [0.1, 0.15) is 41.2 Å². The molecule has 312 valence electrons. The topological polar surface area (TPSA) is 153 Å². The maximum Gasteiger partial charge on any atom is 0.327 e. The fraction of sp³-hybridized carbons (Fsp3) is 0.622. The number of esters is 2. The highest BCUT2D eigenvalue weighted by Gasteiger charge is 2.76. The van der Waals surface area contributed by atoms with E-state index in [1.807, 2.05) is 48.6 Å². The molecule has 2 aromatic rings. The molecule has 57 heavy (non-hydrogen) atoms. The number of fused-ring (bicyclic) bond motifs is 4. The van der Waals surface area contributed by atoms with Crippen LogP contribution in [0.25, 0.3) is 6.08 Å². The Bertz CT molecular complexity index is 1730. The summed E-state index contributed by atoms with van der Waals surface area (Å²) in [7, 11) is 0. The summed E-state index contributed by atoms with van der Waals surface area (Å²) < 4.78 is 25.6. The number of aromatic hydroxyl groups is 1. The lowest BCUT2D eigenvalue weighted by Gasteiger charge is -2.49. The highest BCUT2D eigenvalue weighted by Crippen LogP contribution is 2.58. The molecule has 3 heterocycles. The minimum atomic E-state index is -1.44. The molecule has 0 spiro atoms. The van der Waals surface area contributed by atoms with Crippen LogP contribution < -0.4 is 5.32 Å². The predicted molar refractivity (Wildman–Crippen MR) is 213 cm³/mol. The summed E-state index contributed by atoms with van der Waals surface area (Å²) in [6, 6.07) is 13.1. The normalized spacial score (nSPS) is 26.9. The second-order valence-electron chi connectivity index (χ2n) is 17.1. The number of carbonyl (C=O) groups is 3. The maximum absolute atomic E-state index is 14.9. The molecule has 1 amide bonds. The van der Waals surface area contributed by atoms with Crippen LogP contribution in [0.5, 0.6) is 5.75 Å². The lowest BCUT2D eigenvalue weighted by Crippen LogP contribution is -2.70. The molecule has 12 heteroatoms. The van der Waals surface area contributed by atoms with Gasteiger partial charge in [-0.2, -0.15) is 5.06 Å². The second-order valence-corrected chi connectivity index (χ2v) is 17.1. The Labute approximate surface area is 337 Å². The van der Waals surface area contributed by atoms with Gasteiger partial charge in [-0.25, -0.2) is 0 Å². The summed E-state index contributed by atoms with van der Waals surface area (Å²) in [6.07, 6.45) is 9.04. The standard InChI is InChI=1S/C45H62N2O10/c1-6-8-14-25-44(26-15-9-7-2)55-37-35-27-45(42(52)46-33(29-48)23-24-36(50)54-43(3,4)5)39(41(51)53-35)47(57-40(45)38(37)56-44)28-32-19-11-10-17-30(32)20-16-21-31-18-12-13-22-34(31)49/h10-13,16-20,22,33,35,37-40,48-49H,6-9,14-15,21,23-29H2,1-5H3,(H,46,52)/t33-,35+,37-,38-,39-,40+,45-/m0/s1. The highest BCUT2D eigenvalue weighted by molar-refractivity contribution is 5.94. The van der Waals surface area contributed by atoms with Crippen molar-refractivity contribution in [2.75, 3.05) is 6.61 Å². The van der Waals surface area contributed by atoms with Crippen LogP contribution >= 0.6 is 0 Å². The van der Waals surface area contributed by atoms with E-state index in [1.165, 1.54) is 0 Å². The van der Waals surface area contributed by atoms with Crippen LogP contribution in [0.1, 0.15) is 122 Å². The van der Waals surface area contributed by atoms with Crippen molar-refractivity contribution in [2.24, 2.45) is 5.41 Å². The number of ether oxygens (including phenoxy) is 4. The molecule has 6 rings (SSSR count). The number of hydrogen-bond donors (Lipinski definition) is 3. The Balaban J connectivity index is 1.32. The molecule has 3 saturated heterocycles. The number of para-hydroxylation sites is 1. The lowest BCUT2D eigenvalue weighted by molar-refractivity contribution is -0.224. The van der Waals surface area contributed by atoms with E-state index in [-0.39, 0.29) is 31.6 Å². The SMILES string of the molecule is CCCCCC1(CCCCC)O[C@@H]2[C@H](O1)[C@H]1ON(Cc3ccccc3C=CCc3ccccc3O)[C@H]3C(=O)O[C@@H]2C[C@@]13C(=O)N[C@H](CO)CCC(=O)OC(C)(C)C. The van der Waals surface area contributed by atoms with Crippen LogP contribution in [-0.2, 0) is 51.1 Å². The Morgan fingerprint density at radius 1 is 0.982 bits per heavy atom. The van der Waals surface area contributed by atoms with Crippen LogP contribution in [0, 0.1) is 5.41 Å². The molecule has 2 aromatic carbocycles. The van der Waals surface area contributed by atoms with Gasteiger partial charge in [-0.3, -0.25) is 19.2 Å². The third kappa shape index (κ3) is 9.57. The van der Waals surface area contributed by atoms with E-state index in [0.29, 0.717) is 19.3 Å². The molecule has 0 radical (unpaired) electrons. The minimum Gasteiger partial charge on any atom is -0.508 e. The molecular formula is C45H62N2O10. The van der Waals surface area contributed by atoms with Gasteiger partial charge in [0.15, 0.2) is 11.8 Å². The zero-order valence-corrected chi connectivity index (χ0v) is 34.2. The molecule has 4 fully saturated rings. The quantitative estimate of drug-likeness (QED) is 0.103. The molecule has 2 bridgehead atoms. The van der Waals surface area contributed by atoms with E-state index < -0.39 is 77.8 Å². The summed E-state index contributed by atoms with van der Waals surface area (Å²) in [5, 5.41) is 25.3. The lowest BCUT2D eigenvalue weighted by atomic mass is 9.62. The average molecular weight is 791 g/mol. The van der Waals surface area contributed by atoms with Gasteiger partial charge in [-0.05, 0) is 69.2 Å². The van der Waals surface area contributed by atoms with E-state index in [2.05, 4.69) is 19.2 Å². The van der Waals surface area contributed by atoms with Crippen molar-refractivity contribution in [1.82, 2.24) is 10.4 Å². The number of phenols is 1. The van der Waals surface area contributed by atoms with Gasteiger partial charge >= 0.3 is 11.9 Å². The fourth-order valence-electron chi connectivity index (χ4n) is 8.92. The third-order valence-corrected chi connectivity index (χ3v) is 11.7. The molecular weight excluding hydrogens is 728 g/mol. The Hall–Kier alpha value is -3.81. The van der Waals surface area contributed by atoms with E-state index in [0.717, 1.165) is 55.2 Å². The average Bonchev–Trinajstić information content (AvgIpc) is 3.72. The van der Waals surface area contributed by atoms with Crippen LogP contribution in [0.3, 0.4) is 0 Å². The number of hydroxylamine groups is 2. The molecule has 1 saturated carbocycles. The maximum atomic E-state index is 14.9. The van der Waals surface area contributed by atoms with Crippen LogP contribution in [-0.4, -0.2) is 87.6 Å². The number of hydrogen-bond acceptors (Lipinski definition) is 11. The van der Waals surface area contributed by atoms with Gasteiger partial charge in [-0.15, -0.1) is 0 Å². The number of benzene rings is 2. The molecule has 7 atom stereocenters. The second kappa shape index (κ2) is 18.4. The minimum absolute atomic E-state index is 0.0101. The monoisotopic (exact) mass is 790 g/mol. The zero-order chi connectivity index (χ0) is 40.8. The molecule has 4 aliphatic rings. The number of nitrogens with one attached hydrogen (secondary N) is 1. The van der Waals surface area contributed by atoms with Gasteiger partial charge in [0.25, 0.3) is 0 Å². The van der Waals surface area contributed by atoms with Crippen LogP contribution in [0.2, 0.25) is 0 Å². The highest BCUT2D eigenvalue weighted by atomic mass is 16.8. The summed E-state index contributed by atoms with van der Waals surface area (Å²) in [5.74, 6) is -2.15. The van der Waals surface area contributed by atoms with Crippen molar-refractivity contribution in [1.29, 1.82) is 0 Å². The summed E-state index contributed by atoms with van der Waals surface area (Å²) in [5.41, 5.74) is 0.428. The molecule has 1 aliphatic carbocycles. The number of amides is 1. The van der Waals surface area contributed by atoms with E-state index in [9.17, 15) is 24.6 Å². The predicted octanol–water partition coefficient (Wildman–Crippen LogP) is 6.69.